The highest BCUT2D eigenvalue weighted by molar-refractivity contribution is 5.96. The lowest BCUT2D eigenvalue weighted by molar-refractivity contribution is -0.123. The van der Waals surface area contributed by atoms with Crippen molar-refractivity contribution in [2.45, 2.75) is 70.5 Å². The maximum Gasteiger partial charge on any atom is 0.229 e. The van der Waals surface area contributed by atoms with Crippen LogP contribution >= 0.6 is 0 Å². The summed E-state index contributed by atoms with van der Waals surface area (Å²) in [6.45, 7) is 9.30. The number of nitrogens with zero attached hydrogens (tertiary/aromatic N) is 1. The molecule has 6 nitrogen and oxygen atoms in total. The van der Waals surface area contributed by atoms with Crippen molar-refractivity contribution < 1.29 is 14.3 Å². The average molecular weight is 388 g/mol. The molecule has 2 aliphatic heterocycles. The van der Waals surface area contributed by atoms with Crippen LogP contribution in [0.1, 0.15) is 53.4 Å². The molecule has 0 aliphatic carbocycles. The third-order valence-electron chi connectivity index (χ3n) is 5.62. The largest absolute Gasteiger partial charge is 0.497 e. The highest BCUT2D eigenvalue weighted by atomic mass is 16.5. The Morgan fingerprint density at radius 2 is 1.79 bits per heavy atom. The minimum Gasteiger partial charge on any atom is -0.497 e. The normalized spacial score (nSPS) is 24.2. The standard InChI is InChI=1S/C22H33N3O3/c1-21(2)12-15(13-22(3,4)24-21)10-19(26)23-16-11-20(27)25(14-16)17-6-8-18(28-5)9-7-17/h6-9,15-16,24H,10-14H2,1-5H3,(H,23,26). The van der Waals surface area contributed by atoms with Gasteiger partial charge >= 0.3 is 0 Å². The monoisotopic (exact) mass is 387 g/mol. The molecule has 1 aromatic carbocycles. The Morgan fingerprint density at radius 1 is 1.18 bits per heavy atom. The number of rotatable bonds is 5. The van der Waals surface area contributed by atoms with Crippen LogP contribution in [0, 0.1) is 5.92 Å². The Hall–Kier alpha value is -2.08. The predicted molar refractivity (Wildman–Crippen MR) is 111 cm³/mol. The first-order valence-electron chi connectivity index (χ1n) is 10.1. The molecule has 1 aromatic rings. The van der Waals surface area contributed by atoms with E-state index in [2.05, 4.69) is 38.3 Å². The third-order valence-corrected chi connectivity index (χ3v) is 5.62. The van der Waals surface area contributed by atoms with Crippen molar-refractivity contribution in [2.75, 3.05) is 18.6 Å². The second kappa shape index (κ2) is 7.74. The zero-order valence-electron chi connectivity index (χ0n) is 17.7. The number of methoxy groups -OCH3 is 1. The topological polar surface area (TPSA) is 70.7 Å². The molecular formula is C22H33N3O3. The number of hydrogen-bond donors (Lipinski definition) is 2. The molecule has 0 spiro atoms. The van der Waals surface area contributed by atoms with Crippen molar-refractivity contribution in [1.29, 1.82) is 0 Å². The number of piperidine rings is 1. The van der Waals surface area contributed by atoms with Crippen LogP contribution < -0.4 is 20.3 Å². The van der Waals surface area contributed by atoms with Gasteiger partial charge in [0, 0.05) is 36.2 Å². The van der Waals surface area contributed by atoms with Crippen LogP contribution in [-0.2, 0) is 9.59 Å². The van der Waals surface area contributed by atoms with E-state index in [4.69, 9.17) is 4.74 Å². The second-order valence-corrected chi connectivity index (χ2v) is 9.54. The lowest BCUT2D eigenvalue weighted by Gasteiger charge is -2.46. The first-order chi connectivity index (χ1) is 13.1. The van der Waals surface area contributed by atoms with Gasteiger partial charge in [0.1, 0.15) is 5.75 Å². The summed E-state index contributed by atoms with van der Waals surface area (Å²) in [5.74, 6) is 1.20. The van der Waals surface area contributed by atoms with E-state index in [-0.39, 0.29) is 28.9 Å². The van der Waals surface area contributed by atoms with Gasteiger partial charge in [0.2, 0.25) is 11.8 Å². The second-order valence-electron chi connectivity index (χ2n) is 9.54. The molecule has 28 heavy (non-hydrogen) atoms. The van der Waals surface area contributed by atoms with Crippen LogP contribution in [0.5, 0.6) is 5.75 Å². The zero-order chi connectivity index (χ0) is 20.5. The Morgan fingerprint density at radius 3 is 2.36 bits per heavy atom. The summed E-state index contributed by atoms with van der Waals surface area (Å²) in [5, 5.41) is 6.74. The third kappa shape index (κ3) is 5.04. The number of amides is 2. The van der Waals surface area contributed by atoms with Crippen LogP contribution in [0.3, 0.4) is 0 Å². The van der Waals surface area contributed by atoms with Crippen molar-refractivity contribution in [3.05, 3.63) is 24.3 Å². The Labute approximate surface area is 168 Å². The molecule has 0 aromatic heterocycles. The van der Waals surface area contributed by atoms with Gasteiger partial charge in [-0.3, -0.25) is 9.59 Å². The molecule has 2 heterocycles. The zero-order valence-corrected chi connectivity index (χ0v) is 17.7. The van der Waals surface area contributed by atoms with Crippen molar-refractivity contribution in [1.82, 2.24) is 10.6 Å². The molecule has 2 amide bonds. The lowest BCUT2D eigenvalue weighted by atomic mass is 9.74. The summed E-state index contributed by atoms with van der Waals surface area (Å²) in [7, 11) is 1.62. The number of benzene rings is 1. The Bertz CT molecular complexity index is 711. The Kier molecular flexibility index (Phi) is 5.71. The number of carbonyl (C=O) groups is 2. The van der Waals surface area contributed by atoms with E-state index in [1.54, 1.807) is 12.0 Å². The summed E-state index contributed by atoms with van der Waals surface area (Å²) < 4.78 is 5.17. The summed E-state index contributed by atoms with van der Waals surface area (Å²) in [6.07, 6.45) is 2.82. The molecule has 154 valence electrons. The van der Waals surface area contributed by atoms with Gasteiger partial charge in [-0.15, -0.1) is 0 Å². The lowest BCUT2D eigenvalue weighted by Crippen LogP contribution is -2.58. The predicted octanol–water partition coefficient (Wildman–Crippen LogP) is 2.86. The van der Waals surface area contributed by atoms with Crippen molar-refractivity contribution >= 4 is 17.5 Å². The van der Waals surface area contributed by atoms with Gasteiger partial charge in [0.25, 0.3) is 0 Å². The SMILES string of the molecule is COc1ccc(N2CC(NC(=O)CC3CC(C)(C)NC(C)(C)C3)CC2=O)cc1. The summed E-state index contributed by atoms with van der Waals surface area (Å²) in [4.78, 5) is 26.8. The molecule has 2 aliphatic rings. The summed E-state index contributed by atoms with van der Waals surface area (Å²) in [5.41, 5.74) is 0.895. The molecule has 2 saturated heterocycles. The number of anilines is 1. The van der Waals surface area contributed by atoms with E-state index < -0.39 is 0 Å². The molecule has 2 fully saturated rings. The van der Waals surface area contributed by atoms with Crippen molar-refractivity contribution in [2.24, 2.45) is 5.92 Å². The van der Waals surface area contributed by atoms with Gasteiger partial charge in [0.05, 0.1) is 13.2 Å². The summed E-state index contributed by atoms with van der Waals surface area (Å²) >= 11 is 0. The van der Waals surface area contributed by atoms with Crippen LogP contribution in [-0.4, -0.2) is 42.6 Å². The molecule has 6 heteroatoms. The van der Waals surface area contributed by atoms with E-state index in [1.165, 1.54) is 0 Å². The first kappa shape index (κ1) is 20.6. The number of nitrogens with one attached hydrogen (secondary N) is 2. The van der Waals surface area contributed by atoms with E-state index in [1.807, 2.05) is 24.3 Å². The fourth-order valence-electron chi connectivity index (χ4n) is 5.04. The summed E-state index contributed by atoms with van der Waals surface area (Å²) in [6, 6.07) is 7.30. The minimum atomic E-state index is -0.134. The van der Waals surface area contributed by atoms with Crippen LogP contribution in [0.2, 0.25) is 0 Å². The fraction of sp³-hybridized carbons (Fsp3) is 0.636. The van der Waals surface area contributed by atoms with Gasteiger partial charge < -0.3 is 20.3 Å². The van der Waals surface area contributed by atoms with Crippen LogP contribution in [0.25, 0.3) is 0 Å². The fourth-order valence-corrected chi connectivity index (χ4v) is 5.04. The van der Waals surface area contributed by atoms with Gasteiger partial charge in [0.15, 0.2) is 0 Å². The molecule has 1 unspecified atom stereocenters. The smallest absolute Gasteiger partial charge is 0.229 e. The minimum absolute atomic E-state index is 0.0290. The highest BCUT2D eigenvalue weighted by Crippen LogP contribution is 2.34. The molecule has 3 rings (SSSR count). The van der Waals surface area contributed by atoms with Gasteiger partial charge in [-0.05, 0) is 70.7 Å². The highest BCUT2D eigenvalue weighted by Gasteiger charge is 2.39. The first-order valence-corrected chi connectivity index (χ1v) is 10.1. The number of carbonyl (C=O) groups excluding carboxylic acids is 2. The average Bonchev–Trinajstić information content (AvgIpc) is 2.92. The molecular weight excluding hydrogens is 354 g/mol. The molecule has 1 atom stereocenters. The van der Waals surface area contributed by atoms with Crippen LogP contribution in [0.15, 0.2) is 24.3 Å². The molecule has 2 N–H and O–H groups in total. The van der Waals surface area contributed by atoms with Gasteiger partial charge in [-0.25, -0.2) is 0 Å². The molecule has 0 radical (unpaired) electrons. The Balaban J connectivity index is 1.55. The molecule has 0 saturated carbocycles. The van der Waals surface area contributed by atoms with E-state index >= 15 is 0 Å². The molecule has 0 bridgehead atoms. The van der Waals surface area contributed by atoms with Crippen molar-refractivity contribution in [3.63, 3.8) is 0 Å². The van der Waals surface area contributed by atoms with E-state index in [0.717, 1.165) is 24.3 Å². The van der Waals surface area contributed by atoms with Gasteiger partial charge in [-0.2, -0.15) is 0 Å². The van der Waals surface area contributed by atoms with E-state index in [9.17, 15) is 9.59 Å². The van der Waals surface area contributed by atoms with E-state index in [0.29, 0.717) is 25.3 Å². The maximum absolute atomic E-state index is 12.6. The van der Waals surface area contributed by atoms with Gasteiger partial charge in [-0.1, -0.05) is 0 Å². The van der Waals surface area contributed by atoms with Crippen molar-refractivity contribution in [3.8, 4) is 5.75 Å². The maximum atomic E-state index is 12.6. The number of ether oxygens (including phenoxy) is 1. The van der Waals surface area contributed by atoms with Crippen LogP contribution in [0.4, 0.5) is 5.69 Å². The quantitative estimate of drug-likeness (QED) is 0.815. The number of hydrogen-bond acceptors (Lipinski definition) is 4.